The van der Waals surface area contributed by atoms with Crippen molar-refractivity contribution in [2.24, 2.45) is 11.3 Å². The standard InChI is InChI=1S/C18H27N3O2S/c1-13-16(24-12-19-13)9-20-7-14-8-21(15-5-3-2-4-6-15)11-18(14,10-20)17(22)23/h12,14-15H,2-11H2,1H3,(H,22,23). The molecular weight excluding hydrogens is 322 g/mol. The van der Waals surface area contributed by atoms with Crippen LogP contribution in [0.4, 0.5) is 0 Å². The van der Waals surface area contributed by atoms with E-state index in [4.69, 9.17) is 0 Å². The van der Waals surface area contributed by atoms with Crippen molar-refractivity contribution in [3.63, 3.8) is 0 Å². The number of hydrogen-bond acceptors (Lipinski definition) is 5. The molecule has 3 fully saturated rings. The minimum Gasteiger partial charge on any atom is -0.481 e. The molecule has 0 radical (unpaired) electrons. The van der Waals surface area contributed by atoms with Gasteiger partial charge in [0.1, 0.15) is 0 Å². The smallest absolute Gasteiger partial charge is 0.312 e. The molecule has 1 aliphatic carbocycles. The highest BCUT2D eigenvalue weighted by molar-refractivity contribution is 7.09. The Hall–Kier alpha value is -0.980. The number of thiazole rings is 1. The van der Waals surface area contributed by atoms with Gasteiger partial charge in [-0.3, -0.25) is 14.6 Å². The molecule has 1 N–H and O–H groups in total. The Morgan fingerprint density at radius 2 is 2.12 bits per heavy atom. The molecule has 1 aromatic heterocycles. The predicted molar refractivity (Wildman–Crippen MR) is 94.1 cm³/mol. The molecule has 2 atom stereocenters. The molecule has 4 rings (SSSR count). The first-order valence-electron chi connectivity index (χ1n) is 9.17. The zero-order valence-corrected chi connectivity index (χ0v) is 15.2. The number of hydrogen-bond donors (Lipinski definition) is 1. The summed E-state index contributed by atoms with van der Waals surface area (Å²) < 4.78 is 0. The van der Waals surface area contributed by atoms with E-state index in [-0.39, 0.29) is 5.92 Å². The molecule has 1 saturated carbocycles. The quantitative estimate of drug-likeness (QED) is 0.905. The third-order valence-electron chi connectivity index (χ3n) is 6.44. The Labute approximate surface area is 147 Å². The maximum absolute atomic E-state index is 12.2. The lowest BCUT2D eigenvalue weighted by molar-refractivity contribution is -0.149. The summed E-state index contributed by atoms with van der Waals surface area (Å²) in [7, 11) is 0. The van der Waals surface area contributed by atoms with Gasteiger partial charge in [-0.05, 0) is 19.8 Å². The van der Waals surface area contributed by atoms with E-state index in [0.717, 1.165) is 31.9 Å². The number of aryl methyl sites for hydroxylation is 1. The SMILES string of the molecule is Cc1ncsc1CN1CC2CN(C3CCCCC3)CC2(C(=O)O)C1. The third-order valence-corrected chi connectivity index (χ3v) is 7.35. The first-order chi connectivity index (χ1) is 11.6. The Bertz CT molecular complexity index is 613. The number of carboxylic acid groups (broad SMARTS) is 1. The summed E-state index contributed by atoms with van der Waals surface area (Å²) in [6, 6.07) is 0.623. The molecule has 6 heteroatoms. The maximum atomic E-state index is 12.2. The average Bonchev–Trinajstić information content (AvgIpc) is 3.22. The lowest BCUT2D eigenvalue weighted by Gasteiger charge is -2.33. The minimum atomic E-state index is -0.589. The molecule has 132 valence electrons. The molecule has 1 aromatic rings. The molecule has 0 aromatic carbocycles. The van der Waals surface area contributed by atoms with Gasteiger partial charge in [-0.15, -0.1) is 11.3 Å². The molecule has 2 saturated heterocycles. The Morgan fingerprint density at radius 1 is 1.33 bits per heavy atom. The Kier molecular flexibility index (Phi) is 4.39. The monoisotopic (exact) mass is 349 g/mol. The van der Waals surface area contributed by atoms with E-state index in [1.165, 1.54) is 37.0 Å². The minimum absolute atomic E-state index is 0.269. The zero-order valence-electron chi connectivity index (χ0n) is 14.4. The van der Waals surface area contributed by atoms with Gasteiger partial charge in [0.15, 0.2) is 0 Å². The average molecular weight is 350 g/mol. The Balaban J connectivity index is 1.47. The van der Waals surface area contributed by atoms with Crippen LogP contribution in [-0.4, -0.2) is 58.1 Å². The fraction of sp³-hybridized carbons (Fsp3) is 0.778. The van der Waals surface area contributed by atoms with Gasteiger partial charge in [-0.2, -0.15) is 0 Å². The summed E-state index contributed by atoms with van der Waals surface area (Å²) in [6.07, 6.45) is 6.48. The van der Waals surface area contributed by atoms with Gasteiger partial charge in [0, 0.05) is 49.6 Å². The van der Waals surface area contributed by atoms with Crippen LogP contribution in [0.1, 0.15) is 42.7 Å². The summed E-state index contributed by atoms with van der Waals surface area (Å²) >= 11 is 1.68. The number of nitrogens with zero attached hydrogens (tertiary/aromatic N) is 3. The fourth-order valence-corrected chi connectivity index (χ4v) is 5.85. The number of aliphatic carboxylic acids is 1. The zero-order chi connectivity index (χ0) is 16.7. The van der Waals surface area contributed by atoms with Gasteiger partial charge in [-0.1, -0.05) is 19.3 Å². The second kappa shape index (κ2) is 6.39. The largest absolute Gasteiger partial charge is 0.481 e. The molecule has 2 aliphatic heterocycles. The summed E-state index contributed by atoms with van der Waals surface area (Å²) in [4.78, 5) is 22.6. The van der Waals surface area contributed by atoms with E-state index in [1.54, 1.807) is 11.3 Å². The third kappa shape index (κ3) is 2.78. The molecule has 0 amide bonds. The van der Waals surface area contributed by atoms with Crippen molar-refractivity contribution in [1.29, 1.82) is 0 Å². The number of carbonyl (C=O) groups is 1. The van der Waals surface area contributed by atoms with E-state index in [0.29, 0.717) is 12.6 Å². The molecule has 0 bridgehead atoms. The van der Waals surface area contributed by atoms with Gasteiger partial charge in [0.05, 0.1) is 16.6 Å². The van der Waals surface area contributed by atoms with Crippen LogP contribution >= 0.6 is 11.3 Å². The number of carboxylic acids is 1. The van der Waals surface area contributed by atoms with Crippen molar-refractivity contribution >= 4 is 17.3 Å². The van der Waals surface area contributed by atoms with Gasteiger partial charge in [0.25, 0.3) is 0 Å². The first kappa shape index (κ1) is 16.5. The van der Waals surface area contributed by atoms with Crippen LogP contribution < -0.4 is 0 Å². The van der Waals surface area contributed by atoms with Crippen LogP contribution in [0.2, 0.25) is 0 Å². The van der Waals surface area contributed by atoms with Crippen LogP contribution in [0.25, 0.3) is 0 Å². The summed E-state index contributed by atoms with van der Waals surface area (Å²) in [6.45, 7) is 6.21. The predicted octanol–water partition coefficient (Wildman–Crippen LogP) is 2.60. The molecule has 0 spiro atoms. The number of rotatable bonds is 4. The summed E-state index contributed by atoms with van der Waals surface area (Å²) in [5.74, 6) is -0.320. The van der Waals surface area contributed by atoms with E-state index >= 15 is 0 Å². The van der Waals surface area contributed by atoms with Crippen molar-refractivity contribution in [3.8, 4) is 0 Å². The van der Waals surface area contributed by atoms with Crippen LogP contribution in [0.5, 0.6) is 0 Å². The highest BCUT2D eigenvalue weighted by atomic mass is 32.1. The normalized spacial score (nSPS) is 32.3. The van der Waals surface area contributed by atoms with Gasteiger partial charge < -0.3 is 5.11 Å². The number of fused-ring (bicyclic) bond motifs is 1. The van der Waals surface area contributed by atoms with Crippen molar-refractivity contribution < 1.29 is 9.90 Å². The van der Waals surface area contributed by atoms with E-state index < -0.39 is 11.4 Å². The van der Waals surface area contributed by atoms with Crippen molar-refractivity contribution in [1.82, 2.24) is 14.8 Å². The lowest BCUT2D eigenvalue weighted by Crippen LogP contribution is -2.43. The highest BCUT2D eigenvalue weighted by Crippen LogP contribution is 2.45. The second-order valence-electron chi connectivity index (χ2n) is 7.91. The second-order valence-corrected chi connectivity index (χ2v) is 8.85. The number of aromatic nitrogens is 1. The molecule has 3 heterocycles. The summed E-state index contributed by atoms with van der Waals surface area (Å²) in [5, 5.41) is 10.0. The highest BCUT2D eigenvalue weighted by Gasteiger charge is 2.58. The first-order valence-corrected chi connectivity index (χ1v) is 10.1. The Morgan fingerprint density at radius 3 is 2.75 bits per heavy atom. The molecule has 2 unspecified atom stereocenters. The molecule has 24 heavy (non-hydrogen) atoms. The van der Waals surface area contributed by atoms with Crippen molar-refractivity contribution in [3.05, 3.63) is 16.1 Å². The number of likely N-dealkylation sites (tertiary alicyclic amines) is 2. The molecular formula is C18H27N3O2S. The van der Waals surface area contributed by atoms with E-state index in [2.05, 4.69) is 14.8 Å². The van der Waals surface area contributed by atoms with E-state index in [1.807, 2.05) is 12.4 Å². The van der Waals surface area contributed by atoms with Crippen molar-refractivity contribution in [2.75, 3.05) is 26.2 Å². The van der Waals surface area contributed by atoms with Crippen LogP contribution in [0.3, 0.4) is 0 Å². The molecule has 5 nitrogen and oxygen atoms in total. The van der Waals surface area contributed by atoms with Gasteiger partial charge in [-0.25, -0.2) is 4.98 Å². The summed E-state index contributed by atoms with van der Waals surface area (Å²) in [5.41, 5.74) is 2.42. The van der Waals surface area contributed by atoms with Crippen LogP contribution in [0, 0.1) is 18.3 Å². The molecule has 3 aliphatic rings. The van der Waals surface area contributed by atoms with Gasteiger partial charge >= 0.3 is 5.97 Å². The van der Waals surface area contributed by atoms with Gasteiger partial charge in [0.2, 0.25) is 0 Å². The lowest BCUT2D eigenvalue weighted by atomic mass is 9.81. The van der Waals surface area contributed by atoms with Crippen molar-refractivity contribution in [2.45, 2.75) is 51.6 Å². The fourth-order valence-electron chi connectivity index (χ4n) is 5.04. The maximum Gasteiger partial charge on any atom is 0.312 e. The van der Waals surface area contributed by atoms with Crippen LogP contribution in [-0.2, 0) is 11.3 Å². The topological polar surface area (TPSA) is 56.7 Å². The van der Waals surface area contributed by atoms with E-state index in [9.17, 15) is 9.90 Å². The van der Waals surface area contributed by atoms with Crippen LogP contribution in [0.15, 0.2) is 5.51 Å².